The normalized spacial score (nSPS) is 10.1. The molecule has 1 aromatic heterocycles. The molecule has 0 fully saturated rings. The molecule has 0 bridgehead atoms. The minimum atomic E-state index is -0.521. The third-order valence-corrected chi connectivity index (χ3v) is 3.58. The van der Waals surface area contributed by atoms with Gasteiger partial charge in [-0.3, -0.25) is 0 Å². The minimum Gasteiger partial charge on any atom is -0.495 e. The molecular formula is C19H18N4O3. The molecule has 0 aliphatic heterocycles. The van der Waals surface area contributed by atoms with E-state index in [4.69, 9.17) is 9.47 Å². The van der Waals surface area contributed by atoms with Gasteiger partial charge in [-0.2, -0.15) is 4.98 Å². The number of anilines is 4. The zero-order valence-corrected chi connectivity index (χ0v) is 14.4. The monoisotopic (exact) mass is 350 g/mol. The van der Waals surface area contributed by atoms with Crippen molar-refractivity contribution in [1.29, 1.82) is 0 Å². The highest BCUT2D eigenvalue weighted by molar-refractivity contribution is 5.95. The standard InChI is InChI=1S/C19H18N4O3/c1-25-16-11-7-6-10-15(16)22-19-20-12-14(18(24)26-2)17(23-19)21-13-8-4-3-5-9-13/h3-12H,1-2H3,(H2,20,21,22,23). The van der Waals surface area contributed by atoms with Crippen LogP contribution in [0.5, 0.6) is 5.75 Å². The van der Waals surface area contributed by atoms with E-state index in [9.17, 15) is 4.79 Å². The molecule has 0 aliphatic carbocycles. The van der Waals surface area contributed by atoms with Crippen LogP contribution in [0.15, 0.2) is 60.8 Å². The molecule has 0 saturated heterocycles. The number of hydrogen-bond donors (Lipinski definition) is 2. The van der Waals surface area contributed by atoms with Crippen LogP contribution in [0.2, 0.25) is 0 Å². The SMILES string of the molecule is COC(=O)c1cnc(Nc2ccccc2OC)nc1Nc1ccccc1. The molecule has 7 nitrogen and oxygen atoms in total. The zero-order chi connectivity index (χ0) is 18.4. The summed E-state index contributed by atoms with van der Waals surface area (Å²) in [6, 6.07) is 16.8. The van der Waals surface area contributed by atoms with Gasteiger partial charge in [0, 0.05) is 11.9 Å². The molecular weight excluding hydrogens is 332 g/mol. The molecule has 132 valence electrons. The van der Waals surface area contributed by atoms with Crippen molar-refractivity contribution in [3.05, 3.63) is 66.4 Å². The fourth-order valence-electron chi connectivity index (χ4n) is 2.32. The highest BCUT2D eigenvalue weighted by atomic mass is 16.5. The van der Waals surface area contributed by atoms with Gasteiger partial charge in [0.15, 0.2) is 5.82 Å². The molecule has 0 radical (unpaired) electrons. The Balaban J connectivity index is 1.95. The first-order valence-corrected chi connectivity index (χ1v) is 7.88. The van der Waals surface area contributed by atoms with E-state index in [0.717, 1.165) is 5.69 Å². The quantitative estimate of drug-likeness (QED) is 0.655. The fraction of sp³-hybridized carbons (Fsp3) is 0.105. The lowest BCUT2D eigenvalue weighted by atomic mass is 10.2. The van der Waals surface area contributed by atoms with Gasteiger partial charge in [0.2, 0.25) is 5.95 Å². The number of methoxy groups -OCH3 is 2. The van der Waals surface area contributed by atoms with Crippen LogP contribution in [0.25, 0.3) is 0 Å². The van der Waals surface area contributed by atoms with Crippen LogP contribution in [0.1, 0.15) is 10.4 Å². The summed E-state index contributed by atoms with van der Waals surface area (Å²) < 4.78 is 10.1. The molecule has 7 heteroatoms. The van der Waals surface area contributed by atoms with Crippen LogP contribution in [0, 0.1) is 0 Å². The summed E-state index contributed by atoms with van der Waals surface area (Å²) >= 11 is 0. The number of rotatable bonds is 6. The van der Waals surface area contributed by atoms with Crippen LogP contribution in [0.3, 0.4) is 0 Å². The summed E-state index contributed by atoms with van der Waals surface area (Å²) in [5.74, 6) is 0.800. The molecule has 3 aromatic rings. The summed E-state index contributed by atoms with van der Waals surface area (Å²) in [5.41, 5.74) is 1.74. The van der Waals surface area contributed by atoms with Gasteiger partial charge < -0.3 is 20.1 Å². The van der Waals surface area contributed by atoms with E-state index in [2.05, 4.69) is 20.6 Å². The molecule has 0 unspecified atom stereocenters. The lowest BCUT2D eigenvalue weighted by Gasteiger charge is -2.13. The topological polar surface area (TPSA) is 85.4 Å². The maximum Gasteiger partial charge on any atom is 0.343 e. The largest absolute Gasteiger partial charge is 0.495 e. The predicted molar refractivity (Wildman–Crippen MR) is 99.4 cm³/mol. The van der Waals surface area contributed by atoms with Gasteiger partial charge in [0.05, 0.1) is 19.9 Å². The second-order valence-electron chi connectivity index (χ2n) is 5.26. The average Bonchev–Trinajstić information content (AvgIpc) is 2.69. The number of nitrogens with zero attached hydrogens (tertiary/aromatic N) is 2. The minimum absolute atomic E-state index is 0.238. The molecule has 2 N–H and O–H groups in total. The smallest absolute Gasteiger partial charge is 0.343 e. The summed E-state index contributed by atoms with van der Waals surface area (Å²) in [7, 11) is 2.90. The van der Waals surface area contributed by atoms with Crippen LogP contribution >= 0.6 is 0 Å². The van der Waals surface area contributed by atoms with E-state index in [-0.39, 0.29) is 5.56 Å². The van der Waals surface area contributed by atoms with Crippen LogP contribution in [-0.4, -0.2) is 30.2 Å². The Morgan fingerprint density at radius 3 is 2.42 bits per heavy atom. The number of benzene rings is 2. The van der Waals surface area contributed by atoms with Crippen molar-refractivity contribution in [3.63, 3.8) is 0 Å². The highest BCUT2D eigenvalue weighted by Crippen LogP contribution is 2.27. The molecule has 0 spiro atoms. The first-order valence-electron chi connectivity index (χ1n) is 7.88. The number of ether oxygens (including phenoxy) is 2. The van der Waals surface area contributed by atoms with Crippen molar-refractivity contribution >= 4 is 29.1 Å². The number of aromatic nitrogens is 2. The van der Waals surface area contributed by atoms with Crippen molar-refractivity contribution < 1.29 is 14.3 Å². The Kier molecular flexibility index (Phi) is 5.28. The number of esters is 1. The van der Waals surface area contributed by atoms with Gasteiger partial charge >= 0.3 is 5.97 Å². The third-order valence-electron chi connectivity index (χ3n) is 3.58. The lowest BCUT2D eigenvalue weighted by molar-refractivity contribution is 0.0601. The van der Waals surface area contributed by atoms with E-state index < -0.39 is 5.97 Å². The summed E-state index contributed by atoms with van der Waals surface area (Å²) in [6.45, 7) is 0. The lowest BCUT2D eigenvalue weighted by Crippen LogP contribution is -2.10. The van der Waals surface area contributed by atoms with E-state index >= 15 is 0 Å². The van der Waals surface area contributed by atoms with Crippen LogP contribution < -0.4 is 15.4 Å². The maximum atomic E-state index is 12.0. The Hall–Kier alpha value is -3.61. The van der Waals surface area contributed by atoms with E-state index in [1.54, 1.807) is 7.11 Å². The van der Waals surface area contributed by atoms with Gasteiger partial charge in [-0.15, -0.1) is 0 Å². The molecule has 1 heterocycles. The summed E-state index contributed by atoms with van der Waals surface area (Å²) in [4.78, 5) is 20.6. The van der Waals surface area contributed by atoms with Crippen molar-refractivity contribution in [3.8, 4) is 5.75 Å². The molecule has 2 aromatic carbocycles. The van der Waals surface area contributed by atoms with Gasteiger partial charge in [0.1, 0.15) is 11.3 Å². The van der Waals surface area contributed by atoms with Crippen molar-refractivity contribution in [1.82, 2.24) is 9.97 Å². The van der Waals surface area contributed by atoms with Crippen molar-refractivity contribution in [2.45, 2.75) is 0 Å². The Bertz CT molecular complexity index is 900. The van der Waals surface area contributed by atoms with Gasteiger partial charge in [-0.05, 0) is 24.3 Å². The second-order valence-corrected chi connectivity index (χ2v) is 5.26. The fourth-order valence-corrected chi connectivity index (χ4v) is 2.32. The number of para-hydroxylation sites is 3. The number of carbonyl (C=O) groups excluding carboxylic acids is 1. The van der Waals surface area contributed by atoms with Crippen molar-refractivity contribution in [2.75, 3.05) is 24.9 Å². The first kappa shape index (κ1) is 17.2. The molecule has 0 saturated carbocycles. The van der Waals surface area contributed by atoms with E-state index in [1.165, 1.54) is 13.3 Å². The average molecular weight is 350 g/mol. The zero-order valence-electron chi connectivity index (χ0n) is 14.4. The number of hydrogen-bond acceptors (Lipinski definition) is 7. The van der Waals surface area contributed by atoms with Gasteiger partial charge in [0.25, 0.3) is 0 Å². The number of nitrogens with one attached hydrogen (secondary N) is 2. The summed E-state index contributed by atoms with van der Waals surface area (Å²) in [6.07, 6.45) is 1.42. The predicted octanol–water partition coefficient (Wildman–Crippen LogP) is 3.76. The second kappa shape index (κ2) is 7.98. The van der Waals surface area contributed by atoms with Gasteiger partial charge in [-0.1, -0.05) is 30.3 Å². The Morgan fingerprint density at radius 1 is 0.962 bits per heavy atom. The Labute approximate surface area is 151 Å². The third kappa shape index (κ3) is 3.89. The van der Waals surface area contributed by atoms with E-state index in [0.29, 0.717) is 23.2 Å². The number of carbonyl (C=O) groups is 1. The molecule has 26 heavy (non-hydrogen) atoms. The first-order chi connectivity index (χ1) is 12.7. The maximum absolute atomic E-state index is 12.0. The van der Waals surface area contributed by atoms with Crippen LogP contribution in [-0.2, 0) is 4.74 Å². The molecule has 0 atom stereocenters. The summed E-state index contributed by atoms with van der Waals surface area (Å²) in [5, 5.41) is 6.21. The van der Waals surface area contributed by atoms with Crippen molar-refractivity contribution in [2.24, 2.45) is 0 Å². The van der Waals surface area contributed by atoms with Gasteiger partial charge in [-0.25, -0.2) is 9.78 Å². The molecule has 0 aliphatic rings. The highest BCUT2D eigenvalue weighted by Gasteiger charge is 2.16. The van der Waals surface area contributed by atoms with Crippen LogP contribution in [0.4, 0.5) is 23.1 Å². The molecule has 0 amide bonds. The van der Waals surface area contributed by atoms with E-state index in [1.807, 2.05) is 54.6 Å². The Morgan fingerprint density at radius 2 is 1.69 bits per heavy atom. The molecule has 3 rings (SSSR count).